The summed E-state index contributed by atoms with van der Waals surface area (Å²) in [5, 5.41) is 11.5. The van der Waals surface area contributed by atoms with Crippen LogP contribution < -0.4 is 10.6 Å². The Morgan fingerprint density at radius 1 is 1.38 bits per heavy atom. The molecule has 0 fully saturated rings. The number of aromatic nitrogens is 3. The van der Waals surface area contributed by atoms with Gasteiger partial charge in [-0.05, 0) is 25.5 Å². The molecular weight excluding hydrogens is 370 g/mol. The Morgan fingerprint density at radius 2 is 2.17 bits per heavy atom. The van der Waals surface area contributed by atoms with Crippen LogP contribution in [0, 0.1) is 6.92 Å². The molecule has 0 radical (unpaired) electrons. The number of hydrogen-bond acceptors (Lipinski definition) is 6. The van der Waals surface area contributed by atoms with E-state index in [1.165, 1.54) is 6.20 Å². The number of anilines is 2. The summed E-state index contributed by atoms with van der Waals surface area (Å²) >= 11 is 0. The quantitative estimate of drug-likeness (QED) is 0.647. The predicted octanol–water partition coefficient (Wildman–Crippen LogP) is 2.99. The van der Waals surface area contributed by atoms with Crippen molar-refractivity contribution < 1.29 is 14.3 Å². The highest BCUT2D eigenvalue weighted by Gasteiger charge is 2.26. The molecule has 1 unspecified atom stereocenters. The Labute approximate surface area is 168 Å². The van der Waals surface area contributed by atoms with Crippen molar-refractivity contribution in [2.75, 3.05) is 23.8 Å². The lowest BCUT2D eigenvalue weighted by molar-refractivity contribution is -0.116. The first-order chi connectivity index (χ1) is 14.0. The molecular formula is C21H23N5O3. The summed E-state index contributed by atoms with van der Waals surface area (Å²) in [5.41, 5.74) is 4.36. The Hall–Kier alpha value is -3.42. The summed E-state index contributed by atoms with van der Waals surface area (Å²) in [6, 6.07) is 7.78. The molecule has 0 bridgehead atoms. The van der Waals surface area contributed by atoms with E-state index in [9.17, 15) is 9.59 Å². The van der Waals surface area contributed by atoms with E-state index in [4.69, 9.17) is 4.74 Å². The second kappa shape index (κ2) is 7.54. The lowest BCUT2D eigenvalue weighted by Gasteiger charge is -2.26. The van der Waals surface area contributed by atoms with Gasteiger partial charge < -0.3 is 15.4 Å². The maximum absolute atomic E-state index is 12.5. The number of carbonyl (C=O) groups is 2. The molecule has 1 atom stereocenters. The van der Waals surface area contributed by atoms with Crippen LogP contribution in [0.5, 0.6) is 0 Å². The topological polar surface area (TPSA) is 98.1 Å². The highest BCUT2D eigenvalue weighted by atomic mass is 16.5. The number of para-hydroxylation sites is 1. The minimum atomic E-state index is -0.436. The molecule has 0 saturated heterocycles. The van der Waals surface area contributed by atoms with Crippen molar-refractivity contribution in [1.29, 1.82) is 0 Å². The molecule has 3 aromatic rings. The van der Waals surface area contributed by atoms with Crippen LogP contribution >= 0.6 is 0 Å². The zero-order valence-corrected chi connectivity index (χ0v) is 16.7. The Bertz CT molecular complexity index is 1110. The first-order valence-corrected chi connectivity index (χ1v) is 9.61. The van der Waals surface area contributed by atoms with Gasteiger partial charge in [-0.1, -0.05) is 18.2 Å². The summed E-state index contributed by atoms with van der Waals surface area (Å²) in [5.74, 6) is -0.469. The number of esters is 1. The third-order valence-corrected chi connectivity index (χ3v) is 5.15. The minimum Gasteiger partial charge on any atom is -0.462 e. The van der Waals surface area contributed by atoms with Crippen molar-refractivity contribution in [2.45, 2.75) is 26.2 Å². The van der Waals surface area contributed by atoms with E-state index >= 15 is 0 Å². The Kier molecular flexibility index (Phi) is 4.92. The summed E-state index contributed by atoms with van der Waals surface area (Å²) in [6.07, 6.45) is 1.89. The van der Waals surface area contributed by atoms with E-state index in [1.54, 1.807) is 11.6 Å². The van der Waals surface area contributed by atoms with Crippen LogP contribution in [0.2, 0.25) is 0 Å². The standard InChI is InChI=1S/C21H23N5O3/c1-4-29-21(28)15-11-23-20-18(12(2)25-26(20)3)19(15)22-10-13-9-17(27)24-16-8-6-5-7-14(13)16/h5-8,11,13H,4,9-10H2,1-3H3,(H,22,23)(H,24,27). The monoisotopic (exact) mass is 393 g/mol. The SMILES string of the molecule is CCOC(=O)c1cnc2c(c(C)nn2C)c1NCC1CC(=O)Nc2ccccc21. The van der Waals surface area contributed by atoms with Crippen molar-refractivity contribution in [3.63, 3.8) is 0 Å². The second-order valence-electron chi connectivity index (χ2n) is 7.09. The number of benzene rings is 1. The van der Waals surface area contributed by atoms with Crippen LogP contribution in [-0.4, -0.2) is 39.8 Å². The van der Waals surface area contributed by atoms with Gasteiger partial charge in [0.05, 0.1) is 23.4 Å². The van der Waals surface area contributed by atoms with Crippen LogP contribution in [0.3, 0.4) is 0 Å². The molecule has 2 aromatic heterocycles. The summed E-state index contributed by atoms with van der Waals surface area (Å²) in [7, 11) is 1.82. The lowest BCUT2D eigenvalue weighted by Crippen LogP contribution is -2.27. The number of aryl methyl sites for hydroxylation is 2. The predicted molar refractivity (Wildman–Crippen MR) is 110 cm³/mol. The smallest absolute Gasteiger partial charge is 0.341 e. The average molecular weight is 393 g/mol. The third-order valence-electron chi connectivity index (χ3n) is 5.15. The van der Waals surface area contributed by atoms with Gasteiger partial charge in [-0.2, -0.15) is 5.10 Å². The molecule has 1 aliphatic heterocycles. The molecule has 150 valence electrons. The summed E-state index contributed by atoms with van der Waals surface area (Å²) < 4.78 is 6.91. The van der Waals surface area contributed by atoms with Crippen LogP contribution in [0.1, 0.15) is 40.9 Å². The van der Waals surface area contributed by atoms with Gasteiger partial charge in [0.2, 0.25) is 5.91 Å². The summed E-state index contributed by atoms with van der Waals surface area (Å²) in [6.45, 7) is 4.42. The second-order valence-corrected chi connectivity index (χ2v) is 7.09. The fraction of sp³-hybridized carbons (Fsp3) is 0.333. The van der Waals surface area contributed by atoms with Crippen molar-refractivity contribution in [3.8, 4) is 0 Å². The number of ether oxygens (including phenoxy) is 1. The van der Waals surface area contributed by atoms with E-state index in [2.05, 4.69) is 20.7 Å². The number of nitrogens with one attached hydrogen (secondary N) is 2. The molecule has 8 nitrogen and oxygen atoms in total. The molecule has 2 N–H and O–H groups in total. The molecule has 3 heterocycles. The number of amides is 1. The van der Waals surface area contributed by atoms with Gasteiger partial charge in [-0.25, -0.2) is 9.78 Å². The first-order valence-electron chi connectivity index (χ1n) is 9.61. The number of fused-ring (bicyclic) bond motifs is 2. The number of nitrogens with zero attached hydrogens (tertiary/aromatic N) is 3. The van der Waals surface area contributed by atoms with Crippen LogP contribution in [0.4, 0.5) is 11.4 Å². The van der Waals surface area contributed by atoms with E-state index < -0.39 is 5.97 Å². The highest BCUT2D eigenvalue weighted by Crippen LogP contribution is 2.34. The van der Waals surface area contributed by atoms with E-state index in [0.29, 0.717) is 29.9 Å². The van der Waals surface area contributed by atoms with Crippen LogP contribution in [-0.2, 0) is 16.6 Å². The average Bonchev–Trinajstić information content (AvgIpc) is 3.00. The molecule has 1 amide bonds. The maximum Gasteiger partial charge on any atom is 0.341 e. The molecule has 8 heteroatoms. The Balaban J connectivity index is 1.73. The largest absolute Gasteiger partial charge is 0.462 e. The van der Waals surface area contributed by atoms with Crippen molar-refractivity contribution in [1.82, 2.24) is 14.8 Å². The number of carbonyl (C=O) groups excluding carboxylic acids is 2. The van der Waals surface area contributed by atoms with E-state index in [1.807, 2.05) is 38.2 Å². The van der Waals surface area contributed by atoms with Gasteiger partial charge in [-0.3, -0.25) is 9.48 Å². The number of hydrogen-bond donors (Lipinski definition) is 2. The zero-order chi connectivity index (χ0) is 20.5. The van der Waals surface area contributed by atoms with Crippen LogP contribution in [0.15, 0.2) is 30.5 Å². The molecule has 29 heavy (non-hydrogen) atoms. The Morgan fingerprint density at radius 3 is 2.97 bits per heavy atom. The number of pyridine rings is 1. The maximum atomic E-state index is 12.5. The normalized spacial score (nSPS) is 15.7. The lowest BCUT2D eigenvalue weighted by atomic mass is 9.90. The van der Waals surface area contributed by atoms with Crippen molar-refractivity contribution in [2.24, 2.45) is 7.05 Å². The molecule has 0 spiro atoms. The van der Waals surface area contributed by atoms with Crippen molar-refractivity contribution in [3.05, 3.63) is 47.3 Å². The fourth-order valence-corrected chi connectivity index (χ4v) is 3.87. The molecule has 1 aliphatic rings. The van der Waals surface area contributed by atoms with E-state index in [-0.39, 0.29) is 18.4 Å². The fourth-order valence-electron chi connectivity index (χ4n) is 3.87. The first kappa shape index (κ1) is 18.9. The van der Waals surface area contributed by atoms with Gasteiger partial charge in [0, 0.05) is 37.8 Å². The third kappa shape index (κ3) is 3.41. The molecule has 4 rings (SSSR count). The molecule has 1 aromatic carbocycles. The van der Waals surface area contributed by atoms with Gasteiger partial charge >= 0.3 is 5.97 Å². The molecule has 0 aliphatic carbocycles. The summed E-state index contributed by atoms with van der Waals surface area (Å²) in [4.78, 5) is 29.1. The van der Waals surface area contributed by atoms with Gasteiger partial charge in [0.15, 0.2) is 5.65 Å². The van der Waals surface area contributed by atoms with Crippen LogP contribution in [0.25, 0.3) is 11.0 Å². The van der Waals surface area contributed by atoms with Gasteiger partial charge in [0.1, 0.15) is 5.56 Å². The number of rotatable bonds is 5. The highest BCUT2D eigenvalue weighted by molar-refractivity contribution is 6.05. The zero-order valence-electron chi connectivity index (χ0n) is 16.7. The molecule has 0 saturated carbocycles. The van der Waals surface area contributed by atoms with Gasteiger partial charge in [-0.15, -0.1) is 0 Å². The minimum absolute atomic E-state index is 0.0152. The van der Waals surface area contributed by atoms with Gasteiger partial charge in [0.25, 0.3) is 0 Å². The van der Waals surface area contributed by atoms with E-state index in [0.717, 1.165) is 22.3 Å². The van der Waals surface area contributed by atoms with Crippen molar-refractivity contribution >= 4 is 34.3 Å².